The van der Waals surface area contributed by atoms with E-state index in [4.69, 9.17) is 4.74 Å². The van der Waals surface area contributed by atoms with Crippen molar-refractivity contribution in [3.63, 3.8) is 0 Å². The van der Waals surface area contributed by atoms with Gasteiger partial charge < -0.3 is 9.30 Å². The maximum atomic E-state index is 5.87. The molecule has 0 radical (unpaired) electrons. The van der Waals surface area contributed by atoms with Crippen LogP contribution in [0.5, 0.6) is 5.75 Å². The molecule has 0 N–H and O–H groups in total. The first kappa shape index (κ1) is 14.5. The fraction of sp³-hybridized carbons (Fsp3) is 0.0952. The van der Waals surface area contributed by atoms with Crippen molar-refractivity contribution >= 4 is 10.9 Å². The molecule has 0 aliphatic rings. The van der Waals surface area contributed by atoms with Gasteiger partial charge in [-0.25, -0.2) is 0 Å². The summed E-state index contributed by atoms with van der Waals surface area (Å²) in [5.74, 6) is 0.870. The average Bonchev–Trinajstić information content (AvgIpc) is 3.04. The molecule has 0 atom stereocenters. The predicted octanol–water partition coefficient (Wildman–Crippen LogP) is 4.66. The first-order valence-corrected chi connectivity index (χ1v) is 8.04. The SMILES string of the molecule is c1ccc(COc2cccc(Cn3ccc4ccccc43)c2)nc1. The third-order valence-corrected chi connectivity index (χ3v) is 4.04. The Morgan fingerprint density at radius 3 is 2.71 bits per heavy atom. The zero-order valence-electron chi connectivity index (χ0n) is 13.3. The lowest BCUT2D eigenvalue weighted by atomic mass is 10.2. The van der Waals surface area contributed by atoms with Crippen LogP contribution in [0.4, 0.5) is 0 Å². The number of pyridine rings is 1. The monoisotopic (exact) mass is 314 g/mol. The molecule has 3 heteroatoms. The average molecular weight is 314 g/mol. The Hall–Kier alpha value is -3.07. The Bertz CT molecular complexity index is 944. The van der Waals surface area contributed by atoms with Crippen molar-refractivity contribution in [2.45, 2.75) is 13.2 Å². The van der Waals surface area contributed by atoms with Crippen LogP contribution in [0.25, 0.3) is 10.9 Å². The van der Waals surface area contributed by atoms with E-state index >= 15 is 0 Å². The molecule has 3 nitrogen and oxygen atoms in total. The molecule has 4 aromatic rings. The Morgan fingerprint density at radius 2 is 1.79 bits per heavy atom. The molecule has 2 aromatic heterocycles. The van der Waals surface area contributed by atoms with Crippen molar-refractivity contribution in [3.8, 4) is 5.75 Å². The number of ether oxygens (including phenoxy) is 1. The van der Waals surface area contributed by atoms with E-state index in [1.165, 1.54) is 16.5 Å². The predicted molar refractivity (Wildman–Crippen MR) is 96.1 cm³/mol. The van der Waals surface area contributed by atoms with E-state index in [2.05, 4.69) is 58.2 Å². The van der Waals surface area contributed by atoms with Crippen molar-refractivity contribution in [1.82, 2.24) is 9.55 Å². The molecule has 2 aromatic carbocycles. The summed E-state index contributed by atoms with van der Waals surface area (Å²) in [5.41, 5.74) is 3.39. The van der Waals surface area contributed by atoms with Crippen LogP contribution in [0, 0.1) is 0 Å². The topological polar surface area (TPSA) is 27.1 Å². The van der Waals surface area contributed by atoms with Crippen LogP contribution < -0.4 is 4.74 Å². The minimum Gasteiger partial charge on any atom is -0.487 e. The molecule has 0 spiro atoms. The van der Waals surface area contributed by atoms with Crippen LogP contribution in [-0.2, 0) is 13.2 Å². The van der Waals surface area contributed by atoms with Crippen molar-refractivity contribution in [2.75, 3.05) is 0 Å². The summed E-state index contributed by atoms with van der Waals surface area (Å²) in [7, 11) is 0. The first-order valence-electron chi connectivity index (χ1n) is 8.04. The Labute approximate surface area is 141 Å². The van der Waals surface area contributed by atoms with Gasteiger partial charge in [0.15, 0.2) is 0 Å². The van der Waals surface area contributed by atoms with E-state index in [0.29, 0.717) is 6.61 Å². The molecule has 118 valence electrons. The van der Waals surface area contributed by atoms with E-state index in [1.54, 1.807) is 6.20 Å². The van der Waals surface area contributed by atoms with Crippen molar-refractivity contribution in [3.05, 3.63) is 96.4 Å². The van der Waals surface area contributed by atoms with Gasteiger partial charge in [0.05, 0.1) is 5.69 Å². The molecule has 2 heterocycles. The number of hydrogen-bond donors (Lipinski definition) is 0. The molecular weight excluding hydrogens is 296 g/mol. The Kier molecular flexibility index (Phi) is 3.98. The summed E-state index contributed by atoms with van der Waals surface area (Å²) in [6.07, 6.45) is 3.92. The highest BCUT2D eigenvalue weighted by atomic mass is 16.5. The highest BCUT2D eigenvalue weighted by Gasteiger charge is 2.03. The van der Waals surface area contributed by atoms with E-state index in [1.807, 2.05) is 30.3 Å². The van der Waals surface area contributed by atoms with Gasteiger partial charge in [-0.2, -0.15) is 0 Å². The molecule has 0 fully saturated rings. The smallest absolute Gasteiger partial charge is 0.130 e. The second-order valence-corrected chi connectivity index (χ2v) is 5.76. The molecule has 0 saturated carbocycles. The fourth-order valence-corrected chi connectivity index (χ4v) is 2.85. The Balaban J connectivity index is 1.50. The van der Waals surface area contributed by atoms with Crippen molar-refractivity contribution < 1.29 is 4.74 Å². The lowest BCUT2D eigenvalue weighted by Crippen LogP contribution is -2.00. The summed E-state index contributed by atoms with van der Waals surface area (Å²) in [6.45, 7) is 1.31. The van der Waals surface area contributed by atoms with Crippen molar-refractivity contribution in [2.24, 2.45) is 0 Å². The summed E-state index contributed by atoms with van der Waals surface area (Å²) in [6, 6.07) is 24.7. The number of nitrogens with zero attached hydrogens (tertiary/aromatic N) is 2. The number of para-hydroxylation sites is 1. The lowest BCUT2D eigenvalue weighted by molar-refractivity contribution is 0.301. The number of benzene rings is 2. The third kappa shape index (κ3) is 3.15. The molecule has 0 unspecified atom stereocenters. The summed E-state index contributed by atoms with van der Waals surface area (Å²) >= 11 is 0. The molecular formula is C21H18N2O. The lowest BCUT2D eigenvalue weighted by Gasteiger charge is -2.09. The van der Waals surface area contributed by atoms with E-state index < -0.39 is 0 Å². The minimum absolute atomic E-state index is 0.483. The van der Waals surface area contributed by atoms with Gasteiger partial charge in [0, 0.05) is 24.5 Å². The van der Waals surface area contributed by atoms with Gasteiger partial charge in [-0.1, -0.05) is 36.4 Å². The maximum absolute atomic E-state index is 5.87. The Morgan fingerprint density at radius 1 is 0.875 bits per heavy atom. The molecule has 0 amide bonds. The second-order valence-electron chi connectivity index (χ2n) is 5.76. The van der Waals surface area contributed by atoms with E-state index in [-0.39, 0.29) is 0 Å². The molecule has 0 saturated heterocycles. The van der Waals surface area contributed by atoms with Gasteiger partial charge in [0.1, 0.15) is 12.4 Å². The van der Waals surface area contributed by atoms with Crippen LogP contribution >= 0.6 is 0 Å². The number of aromatic nitrogens is 2. The number of fused-ring (bicyclic) bond motifs is 1. The van der Waals surface area contributed by atoms with Crippen molar-refractivity contribution in [1.29, 1.82) is 0 Å². The zero-order valence-corrected chi connectivity index (χ0v) is 13.3. The number of rotatable bonds is 5. The van der Waals surface area contributed by atoms with Crippen LogP contribution in [0.1, 0.15) is 11.3 Å². The van der Waals surface area contributed by atoms with Crippen LogP contribution in [0.2, 0.25) is 0 Å². The fourth-order valence-electron chi connectivity index (χ4n) is 2.85. The quantitative estimate of drug-likeness (QED) is 0.535. The van der Waals surface area contributed by atoms with E-state index in [9.17, 15) is 0 Å². The highest BCUT2D eigenvalue weighted by molar-refractivity contribution is 5.80. The van der Waals surface area contributed by atoms with Gasteiger partial charge in [0.25, 0.3) is 0 Å². The summed E-state index contributed by atoms with van der Waals surface area (Å²) in [4.78, 5) is 4.28. The largest absolute Gasteiger partial charge is 0.487 e. The standard InChI is InChI=1S/C21H18N2O/c1-2-10-21-18(7-1)11-13-23(21)15-17-6-5-9-20(14-17)24-16-19-8-3-4-12-22-19/h1-14H,15-16H2. The second kappa shape index (κ2) is 6.59. The van der Waals surface area contributed by atoms with Gasteiger partial charge >= 0.3 is 0 Å². The molecule has 24 heavy (non-hydrogen) atoms. The molecule has 0 aliphatic heterocycles. The molecule has 4 rings (SSSR count). The zero-order chi connectivity index (χ0) is 16.2. The summed E-state index contributed by atoms with van der Waals surface area (Å²) < 4.78 is 8.12. The van der Waals surface area contributed by atoms with Gasteiger partial charge in [-0.05, 0) is 47.3 Å². The minimum atomic E-state index is 0.483. The number of hydrogen-bond acceptors (Lipinski definition) is 2. The molecule has 0 bridgehead atoms. The van der Waals surface area contributed by atoms with Gasteiger partial charge in [0.2, 0.25) is 0 Å². The van der Waals surface area contributed by atoms with E-state index in [0.717, 1.165) is 18.0 Å². The molecule has 0 aliphatic carbocycles. The third-order valence-electron chi connectivity index (χ3n) is 4.04. The van der Waals surface area contributed by atoms with Gasteiger partial charge in [-0.3, -0.25) is 4.98 Å². The van der Waals surface area contributed by atoms with Gasteiger partial charge in [-0.15, -0.1) is 0 Å². The summed E-state index contributed by atoms with van der Waals surface area (Å²) in [5, 5.41) is 1.26. The maximum Gasteiger partial charge on any atom is 0.130 e. The van der Waals surface area contributed by atoms with Crippen LogP contribution in [0.15, 0.2) is 85.2 Å². The van der Waals surface area contributed by atoms with Crippen LogP contribution in [0.3, 0.4) is 0 Å². The first-order chi connectivity index (χ1) is 11.9. The normalized spacial score (nSPS) is 10.8. The van der Waals surface area contributed by atoms with Crippen LogP contribution in [-0.4, -0.2) is 9.55 Å². The highest BCUT2D eigenvalue weighted by Crippen LogP contribution is 2.19.